The van der Waals surface area contributed by atoms with Crippen LogP contribution in [0.2, 0.25) is 0 Å². The van der Waals surface area contributed by atoms with Crippen LogP contribution in [0.25, 0.3) is 22.3 Å². The number of hydrogen-bond donors (Lipinski definition) is 0. The van der Waals surface area contributed by atoms with Crippen LogP contribution in [0.4, 0.5) is 0 Å². The molecule has 0 saturated carbocycles. The minimum absolute atomic E-state index is 0.0172. The lowest BCUT2D eigenvalue weighted by Crippen LogP contribution is -2.14. The molecule has 116 valence electrons. The maximum atomic E-state index is 8.58. The summed E-state index contributed by atoms with van der Waals surface area (Å²) < 4.78 is 65.6. The Labute approximate surface area is 151 Å². The highest BCUT2D eigenvalue weighted by atomic mass is 14.3. The maximum absolute atomic E-state index is 8.58. The summed E-state index contributed by atoms with van der Waals surface area (Å²) in [6, 6.07) is 5.21. The van der Waals surface area contributed by atoms with Crippen LogP contribution in [-0.4, -0.2) is 0 Å². The normalized spacial score (nSPS) is 16.3. The third kappa shape index (κ3) is 3.22. The molecule has 0 atom stereocenters. The molecule has 0 aliphatic heterocycles. The Hall–Kier alpha value is -2.34. The lowest BCUT2D eigenvalue weighted by Gasteiger charge is -2.27. The van der Waals surface area contributed by atoms with E-state index in [1.54, 1.807) is 25.1 Å². The van der Waals surface area contributed by atoms with Gasteiger partial charge in [0.25, 0.3) is 0 Å². The summed E-state index contributed by atoms with van der Waals surface area (Å²) in [5, 5.41) is 0. The Balaban J connectivity index is 2.50. The molecule has 0 aromatic heterocycles. The van der Waals surface area contributed by atoms with Crippen molar-refractivity contribution in [3.05, 3.63) is 83.7 Å². The van der Waals surface area contributed by atoms with Gasteiger partial charge in [0, 0.05) is 0 Å². The molecule has 0 spiro atoms. The molecule has 0 amide bonds. The number of hydrogen-bond acceptors (Lipinski definition) is 0. The highest BCUT2D eigenvalue weighted by Crippen LogP contribution is 2.40. The molecule has 0 radical (unpaired) electrons. The molecule has 0 aliphatic carbocycles. The first kappa shape index (κ1) is 8.49. The van der Waals surface area contributed by atoms with Crippen LogP contribution in [0, 0.1) is 6.92 Å². The molecule has 0 heteroatoms. The van der Waals surface area contributed by atoms with Gasteiger partial charge in [-0.2, -0.15) is 0 Å². The molecule has 0 saturated heterocycles. The molecule has 0 fully saturated rings. The molecule has 3 aromatic rings. The summed E-state index contributed by atoms with van der Waals surface area (Å²) in [5.74, 6) is 0. The lowest BCUT2D eigenvalue weighted by molar-refractivity contribution is 0.593. The smallest absolute Gasteiger partial charge is 0.0622 e. The molecule has 0 nitrogen and oxygen atoms in total. The van der Waals surface area contributed by atoms with Gasteiger partial charge < -0.3 is 0 Å². The number of benzene rings is 3. The molecule has 3 aromatic carbocycles. The van der Waals surface area contributed by atoms with Crippen molar-refractivity contribution in [1.29, 1.82) is 0 Å². The Morgan fingerprint density at radius 3 is 2.22 bits per heavy atom. The fraction of sp³-hybridized carbons (Fsp3) is 0.217. The molecular formula is C23H24. The minimum atomic E-state index is -0.503. The van der Waals surface area contributed by atoms with Gasteiger partial charge in [0.2, 0.25) is 0 Å². The average Bonchev–Trinajstić information content (AvgIpc) is 2.71. The Bertz CT molecular complexity index is 1180. The summed E-state index contributed by atoms with van der Waals surface area (Å²) in [5.41, 5.74) is 2.29. The Morgan fingerprint density at radius 2 is 1.48 bits per heavy atom. The van der Waals surface area contributed by atoms with Crippen molar-refractivity contribution >= 4 is 0 Å². The van der Waals surface area contributed by atoms with E-state index < -0.39 is 5.41 Å². The zero-order chi connectivity index (χ0) is 23.4. The fourth-order valence-corrected chi connectivity index (χ4v) is 2.79. The molecule has 23 heavy (non-hydrogen) atoms. The summed E-state index contributed by atoms with van der Waals surface area (Å²) in [4.78, 5) is 0. The first-order valence-corrected chi connectivity index (χ1v) is 7.57. The third-order valence-electron chi connectivity index (χ3n) is 3.67. The fourth-order valence-electron chi connectivity index (χ4n) is 2.79. The van der Waals surface area contributed by atoms with Crippen molar-refractivity contribution in [3.63, 3.8) is 0 Å². The van der Waals surface area contributed by atoms with Gasteiger partial charge in [0.15, 0.2) is 0 Å². The first-order valence-electron chi connectivity index (χ1n) is 11.6. The molecule has 0 N–H and O–H groups in total. The molecule has 0 aliphatic rings. The van der Waals surface area contributed by atoms with Crippen LogP contribution in [0.5, 0.6) is 0 Å². The van der Waals surface area contributed by atoms with E-state index in [2.05, 4.69) is 0 Å². The van der Waals surface area contributed by atoms with Crippen LogP contribution in [0.15, 0.2) is 72.6 Å². The van der Waals surface area contributed by atoms with Crippen molar-refractivity contribution < 1.29 is 11.0 Å². The van der Waals surface area contributed by atoms with E-state index in [0.717, 1.165) is 5.56 Å². The van der Waals surface area contributed by atoms with Crippen molar-refractivity contribution in [3.8, 4) is 22.3 Å². The van der Waals surface area contributed by atoms with Gasteiger partial charge in [-0.25, -0.2) is 0 Å². The quantitative estimate of drug-likeness (QED) is 0.498. The minimum Gasteiger partial charge on any atom is -0.0622 e. The lowest BCUT2D eigenvalue weighted by atomic mass is 9.77. The summed E-state index contributed by atoms with van der Waals surface area (Å²) in [6.45, 7) is 7.48. The second kappa shape index (κ2) is 6.04. The van der Waals surface area contributed by atoms with E-state index in [0.29, 0.717) is 22.3 Å². The van der Waals surface area contributed by atoms with Gasteiger partial charge in [0.05, 0.1) is 11.0 Å². The van der Waals surface area contributed by atoms with Gasteiger partial charge in [-0.15, -0.1) is 0 Å². The first-order chi connectivity index (χ1) is 14.3. The molecule has 0 unspecified atom stereocenters. The van der Waals surface area contributed by atoms with Crippen LogP contribution in [0.3, 0.4) is 0 Å². The largest absolute Gasteiger partial charge is 0.0632 e. The van der Waals surface area contributed by atoms with E-state index in [9.17, 15) is 0 Å². The van der Waals surface area contributed by atoms with Crippen molar-refractivity contribution in [2.45, 2.75) is 33.1 Å². The standard InChI is InChI=1S/C23H24/c1-17-10-8-13-19(16-17)21-15-9-14-20(22(21)23(2,3)4)18-11-6-5-7-12-18/h5-16H,1-4H3/i5D,6D,7D,8D,10D,11D,13D,16D. The Morgan fingerprint density at radius 1 is 0.783 bits per heavy atom. The topological polar surface area (TPSA) is 0 Å². The van der Waals surface area contributed by atoms with E-state index in [-0.39, 0.29) is 53.9 Å². The summed E-state index contributed by atoms with van der Waals surface area (Å²) in [6.07, 6.45) is 0. The summed E-state index contributed by atoms with van der Waals surface area (Å²) in [7, 11) is 0. The molecule has 0 heterocycles. The van der Waals surface area contributed by atoms with Gasteiger partial charge in [-0.05, 0) is 40.2 Å². The van der Waals surface area contributed by atoms with E-state index in [4.69, 9.17) is 11.0 Å². The van der Waals surface area contributed by atoms with Crippen molar-refractivity contribution in [1.82, 2.24) is 0 Å². The highest BCUT2D eigenvalue weighted by molar-refractivity contribution is 5.80. The third-order valence-corrected chi connectivity index (χ3v) is 3.67. The second-order valence-corrected chi connectivity index (χ2v) is 6.56. The van der Waals surface area contributed by atoms with Crippen molar-refractivity contribution in [2.75, 3.05) is 0 Å². The maximum Gasteiger partial charge on any atom is 0.0632 e. The zero-order valence-corrected chi connectivity index (χ0v) is 13.8. The zero-order valence-electron chi connectivity index (χ0n) is 21.8. The van der Waals surface area contributed by atoms with E-state index in [1.165, 1.54) is 6.07 Å². The average molecular weight is 308 g/mol. The SMILES string of the molecule is [2H]c1cc(-c2cccc(-c3c([2H])c([2H])c([2H])c(C)c3[2H])c2C(C)(C)C)c([2H])c([2H])c1[2H]. The van der Waals surface area contributed by atoms with Gasteiger partial charge in [-0.1, -0.05) is 98.9 Å². The predicted molar refractivity (Wildman–Crippen MR) is 101 cm³/mol. The van der Waals surface area contributed by atoms with Crippen LogP contribution >= 0.6 is 0 Å². The number of rotatable bonds is 2. The van der Waals surface area contributed by atoms with Crippen LogP contribution in [0.1, 0.15) is 42.9 Å². The Kier molecular flexibility index (Phi) is 2.23. The van der Waals surface area contributed by atoms with Crippen molar-refractivity contribution in [2.24, 2.45) is 0 Å². The van der Waals surface area contributed by atoms with E-state index in [1.807, 2.05) is 20.8 Å². The second-order valence-electron chi connectivity index (χ2n) is 6.56. The monoisotopic (exact) mass is 308 g/mol. The van der Waals surface area contributed by atoms with E-state index >= 15 is 0 Å². The molecule has 3 rings (SSSR count). The van der Waals surface area contributed by atoms with Gasteiger partial charge in [-0.3, -0.25) is 0 Å². The van der Waals surface area contributed by atoms with Gasteiger partial charge >= 0.3 is 0 Å². The molecule has 0 bridgehead atoms. The summed E-state index contributed by atoms with van der Waals surface area (Å²) >= 11 is 0. The molecular weight excluding hydrogens is 276 g/mol. The van der Waals surface area contributed by atoms with Crippen LogP contribution < -0.4 is 0 Å². The van der Waals surface area contributed by atoms with Crippen LogP contribution in [-0.2, 0) is 5.41 Å². The van der Waals surface area contributed by atoms with Gasteiger partial charge in [0.1, 0.15) is 0 Å². The predicted octanol–water partition coefficient (Wildman–Crippen LogP) is 6.63. The highest BCUT2D eigenvalue weighted by Gasteiger charge is 2.23.